The number of amides is 1. The normalized spacial score (nSPS) is 11.0. The van der Waals surface area contributed by atoms with Crippen molar-refractivity contribution in [2.24, 2.45) is 0 Å². The van der Waals surface area contributed by atoms with Gasteiger partial charge in [0.2, 0.25) is 9.97 Å². The van der Waals surface area contributed by atoms with Crippen LogP contribution in [0.5, 0.6) is 11.5 Å². The molecule has 8 nitrogen and oxygen atoms in total. The monoisotopic (exact) mass is 347 g/mol. The van der Waals surface area contributed by atoms with Crippen LogP contribution >= 0.6 is 11.3 Å². The second kappa shape index (κ2) is 6.44. The lowest BCUT2D eigenvalue weighted by Gasteiger charge is -2.09. The average Bonchev–Trinajstić information content (AvgIpc) is 3.14. The molecule has 9 heteroatoms. The minimum absolute atomic E-state index is 0.170. The quantitative estimate of drug-likeness (QED) is 0.763. The molecule has 126 valence electrons. The largest absolute Gasteiger partial charge is 0.493 e. The van der Waals surface area contributed by atoms with Crippen molar-refractivity contribution < 1.29 is 14.3 Å². The van der Waals surface area contributed by atoms with Gasteiger partial charge in [-0.2, -0.15) is 4.52 Å². The molecule has 0 aliphatic rings. The predicted molar refractivity (Wildman–Crippen MR) is 90.2 cm³/mol. The van der Waals surface area contributed by atoms with E-state index in [9.17, 15) is 4.79 Å². The molecule has 1 amide bonds. The number of nitrogens with zero attached hydrogens (tertiary/aromatic N) is 4. The van der Waals surface area contributed by atoms with Gasteiger partial charge in [-0.25, -0.2) is 0 Å². The van der Waals surface area contributed by atoms with E-state index < -0.39 is 0 Å². The maximum absolute atomic E-state index is 12.4. The number of fused-ring (bicyclic) bond motifs is 1. The molecule has 0 aliphatic carbocycles. The molecule has 0 fully saturated rings. The van der Waals surface area contributed by atoms with Crippen LogP contribution in [0.15, 0.2) is 18.2 Å². The molecule has 0 aliphatic heterocycles. The summed E-state index contributed by atoms with van der Waals surface area (Å²) in [7, 11) is 3.10. The van der Waals surface area contributed by atoms with Crippen molar-refractivity contribution in [2.75, 3.05) is 19.5 Å². The molecule has 0 atom stereocenters. The number of nitrogens with one attached hydrogen (secondary N) is 1. The van der Waals surface area contributed by atoms with Crippen molar-refractivity contribution in [3.63, 3.8) is 0 Å². The van der Waals surface area contributed by atoms with Crippen LogP contribution in [0, 0.1) is 0 Å². The second-order valence-corrected chi connectivity index (χ2v) is 6.29. The van der Waals surface area contributed by atoms with Crippen molar-refractivity contribution in [1.29, 1.82) is 0 Å². The van der Waals surface area contributed by atoms with Gasteiger partial charge >= 0.3 is 0 Å². The molecule has 0 spiro atoms. The zero-order chi connectivity index (χ0) is 17.3. The molecule has 0 unspecified atom stereocenters. The van der Waals surface area contributed by atoms with Crippen molar-refractivity contribution >= 4 is 27.9 Å². The van der Waals surface area contributed by atoms with Gasteiger partial charge in [0.05, 0.1) is 14.2 Å². The summed E-state index contributed by atoms with van der Waals surface area (Å²) in [5.74, 6) is 1.72. The first-order valence-electron chi connectivity index (χ1n) is 7.29. The highest BCUT2D eigenvalue weighted by Crippen LogP contribution is 2.30. The third kappa shape index (κ3) is 2.90. The van der Waals surface area contributed by atoms with Crippen LogP contribution in [-0.2, 0) is 0 Å². The Kier molecular flexibility index (Phi) is 4.34. The smallest absolute Gasteiger partial charge is 0.286 e. The Morgan fingerprint density at radius 3 is 2.62 bits per heavy atom. The summed E-state index contributed by atoms with van der Waals surface area (Å²) < 4.78 is 12.0. The Hall–Kier alpha value is -2.68. The number of benzene rings is 1. The van der Waals surface area contributed by atoms with Crippen molar-refractivity contribution in [3.05, 3.63) is 29.0 Å². The van der Waals surface area contributed by atoms with Crippen LogP contribution in [0.4, 0.5) is 5.69 Å². The minimum atomic E-state index is -0.313. The number of hydrogen-bond donors (Lipinski definition) is 1. The van der Waals surface area contributed by atoms with Crippen LogP contribution in [0.2, 0.25) is 0 Å². The van der Waals surface area contributed by atoms with Gasteiger partial charge in [-0.15, -0.1) is 15.3 Å². The first-order valence-corrected chi connectivity index (χ1v) is 8.10. The van der Waals surface area contributed by atoms with E-state index in [-0.39, 0.29) is 11.8 Å². The number of anilines is 1. The van der Waals surface area contributed by atoms with E-state index >= 15 is 0 Å². The summed E-state index contributed by atoms with van der Waals surface area (Å²) in [5, 5.41) is 15.6. The first kappa shape index (κ1) is 16.2. The fraction of sp³-hybridized carbons (Fsp3) is 0.333. The molecule has 0 saturated carbocycles. The predicted octanol–water partition coefficient (Wildman–Crippen LogP) is 2.58. The third-order valence-electron chi connectivity index (χ3n) is 3.37. The van der Waals surface area contributed by atoms with E-state index in [1.165, 1.54) is 11.3 Å². The highest BCUT2D eigenvalue weighted by molar-refractivity contribution is 7.18. The van der Waals surface area contributed by atoms with Crippen molar-refractivity contribution in [3.8, 4) is 11.5 Å². The first-order chi connectivity index (χ1) is 11.5. The lowest BCUT2D eigenvalue weighted by molar-refractivity contribution is 0.102. The second-order valence-electron chi connectivity index (χ2n) is 5.34. The molecule has 2 aromatic heterocycles. The lowest BCUT2D eigenvalue weighted by Crippen LogP contribution is -2.12. The average molecular weight is 347 g/mol. The number of methoxy groups -OCH3 is 2. The summed E-state index contributed by atoms with van der Waals surface area (Å²) in [6.45, 7) is 4.00. The van der Waals surface area contributed by atoms with E-state index in [1.54, 1.807) is 36.9 Å². The number of hydrogen-bond acceptors (Lipinski definition) is 7. The number of aromatic nitrogens is 4. The van der Waals surface area contributed by atoms with E-state index in [1.807, 2.05) is 13.8 Å². The van der Waals surface area contributed by atoms with Gasteiger partial charge < -0.3 is 14.8 Å². The van der Waals surface area contributed by atoms with Gasteiger partial charge in [-0.1, -0.05) is 25.2 Å². The van der Waals surface area contributed by atoms with E-state index in [2.05, 4.69) is 20.6 Å². The summed E-state index contributed by atoms with van der Waals surface area (Å²) in [6, 6.07) is 5.15. The van der Waals surface area contributed by atoms with Gasteiger partial charge in [-0.05, 0) is 12.1 Å². The van der Waals surface area contributed by atoms with Gasteiger partial charge in [0.1, 0.15) is 0 Å². The molecule has 2 heterocycles. The Balaban J connectivity index is 1.85. The Bertz CT molecular complexity index is 886. The van der Waals surface area contributed by atoms with Gasteiger partial charge in [0.15, 0.2) is 17.3 Å². The van der Waals surface area contributed by atoms with Gasteiger partial charge in [0.25, 0.3) is 5.91 Å². The molecule has 0 bridgehead atoms. The number of carbonyl (C=O) groups is 1. The van der Waals surface area contributed by atoms with E-state index in [0.29, 0.717) is 27.2 Å². The fourth-order valence-electron chi connectivity index (χ4n) is 2.18. The van der Waals surface area contributed by atoms with Crippen molar-refractivity contribution in [2.45, 2.75) is 19.8 Å². The lowest BCUT2D eigenvalue weighted by atomic mass is 10.2. The molecular weight excluding hydrogens is 330 g/mol. The van der Waals surface area contributed by atoms with Crippen LogP contribution in [-0.4, -0.2) is 39.9 Å². The summed E-state index contributed by atoms with van der Waals surface area (Å²) in [4.78, 5) is 13.0. The molecule has 24 heavy (non-hydrogen) atoms. The maximum Gasteiger partial charge on any atom is 0.286 e. The van der Waals surface area contributed by atoms with Crippen LogP contribution in [0.25, 0.3) is 4.96 Å². The number of rotatable bonds is 5. The zero-order valence-corrected chi connectivity index (χ0v) is 14.5. The molecule has 3 rings (SSSR count). The standard InChI is InChI=1S/C15H17N5O3S/c1-8(2)12-17-18-15-20(12)19-14(24-15)13(21)16-9-5-6-10(22-3)11(7-9)23-4/h5-8H,1-4H3,(H,16,21). The number of ether oxygens (including phenoxy) is 2. The minimum Gasteiger partial charge on any atom is -0.493 e. The third-order valence-corrected chi connectivity index (χ3v) is 4.26. The molecular formula is C15H17N5O3S. The zero-order valence-electron chi connectivity index (χ0n) is 13.7. The van der Waals surface area contributed by atoms with E-state index in [4.69, 9.17) is 9.47 Å². The molecule has 3 aromatic rings. The van der Waals surface area contributed by atoms with E-state index in [0.717, 1.165) is 5.82 Å². The topological polar surface area (TPSA) is 90.6 Å². The summed E-state index contributed by atoms with van der Waals surface area (Å²) >= 11 is 1.19. The van der Waals surface area contributed by atoms with Gasteiger partial charge in [0, 0.05) is 17.7 Å². The molecule has 1 N–H and O–H groups in total. The van der Waals surface area contributed by atoms with Crippen LogP contribution in [0.3, 0.4) is 0 Å². The highest BCUT2D eigenvalue weighted by Gasteiger charge is 2.18. The maximum atomic E-state index is 12.4. The molecule has 1 aromatic carbocycles. The van der Waals surface area contributed by atoms with Crippen molar-refractivity contribution in [1.82, 2.24) is 19.8 Å². The highest BCUT2D eigenvalue weighted by atomic mass is 32.1. The van der Waals surface area contributed by atoms with Crippen LogP contribution < -0.4 is 14.8 Å². The molecule has 0 saturated heterocycles. The summed E-state index contributed by atoms with van der Waals surface area (Å²) in [6.07, 6.45) is 0. The Morgan fingerprint density at radius 2 is 1.96 bits per heavy atom. The van der Waals surface area contributed by atoms with Crippen LogP contribution in [0.1, 0.15) is 35.4 Å². The number of carbonyl (C=O) groups excluding carboxylic acids is 1. The van der Waals surface area contributed by atoms with Gasteiger partial charge in [-0.3, -0.25) is 4.79 Å². The Morgan fingerprint density at radius 1 is 1.21 bits per heavy atom. The Labute approximate surface area is 142 Å². The summed E-state index contributed by atoms with van der Waals surface area (Å²) in [5.41, 5.74) is 0.590. The SMILES string of the molecule is COc1ccc(NC(=O)c2nn3c(C(C)C)nnc3s2)cc1OC. The fourth-order valence-corrected chi connectivity index (χ4v) is 2.92. The molecule has 0 radical (unpaired) electrons.